The van der Waals surface area contributed by atoms with Gasteiger partial charge in [0.25, 0.3) is 0 Å². The molecule has 228 valence electrons. The number of nitrogens with zero attached hydrogens (tertiary/aromatic N) is 4. The van der Waals surface area contributed by atoms with Gasteiger partial charge < -0.3 is 4.57 Å². The molecule has 5 aromatic heterocycles. The van der Waals surface area contributed by atoms with Crippen LogP contribution in [0.1, 0.15) is 17.9 Å². The van der Waals surface area contributed by atoms with Crippen molar-refractivity contribution in [2.24, 2.45) is 0 Å². The molecule has 0 N–H and O–H groups in total. The van der Waals surface area contributed by atoms with E-state index in [2.05, 4.69) is 106 Å². The molecule has 0 saturated heterocycles. The van der Waals surface area contributed by atoms with E-state index in [4.69, 9.17) is 15.0 Å². The first-order chi connectivity index (χ1) is 23.8. The number of para-hydroxylation sites is 1. The first-order valence-electron chi connectivity index (χ1n) is 16.0. The van der Waals surface area contributed by atoms with Gasteiger partial charge in [-0.3, -0.25) is 0 Å². The number of hydrogen-bond donors (Lipinski definition) is 0. The molecule has 0 saturated carbocycles. The Morgan fingerprint density at radius 2 is 1.27 bits per heavy atom. The Morgan fingerprint density at radius 3 is 2.02 bits per heavy atom. The Balaban J connectivity index is 1.21. The number of hydrogen-bond acceptors (Lipinski definition) is 6. The molecule has 9 aromatic rings. The summed E-state index contributed by atoms with van der Waals surface area (Å²) in [6, 6.07) is 36.3. The molecule has 48 heavy (non-hydrogen) atoms. The average Bonchev–Trinajstić information content (AvgIpc) is 3.92. The van der Waals surface area contributed by atoms with Gasteiger partial charge in [-0.15, -0.1) is 34.0 Å². The minimum absolute atomic E-state index is 0.404. The Bertz CT molecular complexity index is 2650. The third kappa shape index (κ3) is 4.43. The lowest BCUT2D eigenvalue weighted by Crippen LogP contribution is -1.99. The van der Waals surface area contributed by atoms with Crippen LogP contribution in [0, 0.1) is 0 Å². The monoisotopic (exact) mass is 670 g/mol. The molecule has 4 aromatic carbocycles. The Hall–Kier alpha value is -5.21. The van der Waals surface area contributed by atoms with Crippen LogP contribution in [-0.2, 0) is 0 Å². The van der Waals surface area contributed by atoms with Gasteiger partial charge in [0.1, 0.15) is 0 Å². The summed E-state index contributed by atoms with van der Waals surface area (Å²) in [5.41, 5.74) is 8.01. The lowest BCUT2D eigenvalue weighted by Gasteiger charge is -2.14. The maximum Gasteiger partial charge on any atom is 0.165 e. The fraction of sp³-hybridized carbons (Fsp3) is 0.0488. The minimum atomic E-state index is 0.404. The fourth-order valence-electron chi connectivity index (χ4n) is 6.94. The van der Waals surface area contributed by atoms with Crippen molar-refractivity contribution in [2.75, 3.05) is 0 Å². The molecule has 1 unspecified atom stereocenters. The number of benzene rings is 4. The van der Waals surface area contributed by atoms with E-state index in [0.29, 0.717) is 23.4 Å². The van der Waals surface area contributed by atoms with E-state index in [-0.39, 0.29) is 0 Å². The van der Waals surface area contributed by atoms with Crippen molar-refractivity contribution in [2.45, 2.75) is 12.3 Å². The Kier molecular flexibility index (Phi) is 6.50. The summed E-state index contributed by atoms with van der Waals surface area (Å²) in [6.07, 6.45) is 9.93. The second-order valence-corrected chi connectivity index (χ2v) is 15.3. The van der Waals surface area contributed by atoms with Gasteiger partial charge in [-0.1, -0.05) is 109 Å². The van der Waals surface area contributed by atoms with E-state index >= 15 is 0 Å². The molecule has 5 heterocycles. The highest BCUT2D eigenvalue weighted by molar-refractivity contribution is 7.48. The molecule has 0 aliphatic heterocycles. The maximum absolute atomic E-state index is 5.11. The molecular formula is C41H26N4S3. The van der Waals surface area contributed by atoms with Crippen molar-refractivity contribution in [3.05, 3.63) is 144 Å². The van der Waals surface area contributed by atoms with Crippen LogP contribution in [-0.4, -0.2) is 19.5 Å². The number of fused-ring (bicyclic) bond motifs is 6. The van der Waals surface area contributed by atoms with Crippen molar-refractivity contribution < 1.29 is 0 Å². The Labute approximate surface area is 288 Å². The van der Waals surface area contributed by atoms with Gasteiger partial charge in [-0.2, -0.15) is 0 Å². The molecular weight excluding hydrogens is 645 g/mol. The third-order valence-corrected chi connectivity index (χ3v) is 12.6. The van der Waals surface area contributed by atoms with E-state index in [9.17, 15) is 0 Å². The largest absolute Gasteiger partial charge is 0.308 e. The molecule has 4 nitrogen and oxygen atoms in total. The van der Waals surface area contributed by atoms with Gasteiger partial charge >= 0.3 is 0 Å². The molecule has 1 aliphatic carbocycles. The zero-order valence-electron chi connectivity index (χ0n) is 25.6. The topological polar surface area (TPSA) is 43.6 Å². The van der Waals surface area contributed by atoms with Crippen molar-refractivity contribution >= 4 is 74.6 Å². The summed E-state index contributed by atoms with van der Waals surface area (Å²) < 4.78 is 5.07. The normalized spacial score (nSPS) is 14.6. The van der Waals surface area contributed by atoms with Gasteiger partial charge in [-0.25, -0.2) is 15.0 Å². The maximum atomic E-state index is 5.11. The van der Waals surface area contributed by atoms with Crippen molar-refractivity contribution in [1.29, 1.82) is 0 Å². The third-order valence-electron chi connectivity index (χ3n) is 9.22. The van der Waals surface area contributed by atoms with Gasteiger partial charge in [0.15, 0.2) is 17.5 Å². The first kappa shape index (κ1) is 27.9. The highest BCUT2D eigenvalue weighted by atomic mass is 32.2. The van der Waals surface area contributed by atoms with E-state index in [1.165, 1.54) is 51.9 Å². The standard InChI is InChI=1S/C41H26N4S3/c1-4-12-25(13-5-1)28-20-21-33-30(22-28)29-18-10-11-19-32(29)45(33)34-24-47-41-36(34)35-31(23-46-40(35)48-41)39-43-37(26-14-6-2-7-15-26)42-38(44-39)27-16-8-3-9-17-27/h1-12,14-25H,13H2. The van der Waals surface area contributed by atoms with Crippen LogP contribution >= 0.6 is 34.0 Å². The number of rotatable bonds is 5. The molecule has 0 radical (unpaired) electrons. The van der Waals surface area contributed by atoms with E-state index in [0.717, 1.165) is 23.1 Å². The highest BCUT2D eigenvalue weighted by Gasteiger charge is 2.24. The summed E-state index contributed by atoms with van der Waals surface area (Å²) in [5, 5.41) is 9.62. The SMILES string of the molecule is C1=CCC(c2ccc3c(c2)c2ccccc2n3-c2csc3sc4scc(-c5nc(-c6ccccc6)nc(-c6ccccc6)n5)c4c23)C=C1. The molecule has 10 rings (SSSR count). The van der Waals surface area contributed by atoms with E-state index in [1.54, 1.807) is 11.3 Å². The molecule has 0 spiro atoms. The van der Waals surface area contributed by atoms with E-state index < -0.39 is 0 Å². The number of thiophene rings is 3. The average molecular weight is 671 g/mol. The van der Waals surface area contributed by atoms with Crippen molar-refractivity contribution in [1.82, 2.24) is 19.5 Å². The van der Waals surface area contributed by atoms with Gasteiger partial charge in [0, 0.05) is 54.9 Å². The van der Waals surface area contributed by atoms with Crippen molar-refractivity contribution in [3.8, 4) is 39.9 Å². The highest BCUT2D eigenvalue weighted by Crippen LogP contribution is 2.49. The van der Waals surface area contributed by atoms with Crippen LogP contribution in [0.2, 0.25) is 0 Å². The van der Waals surface area contributed by atoms with Gasteiger partial charge in [0.2, 0.25) is 0 Å². The van der Waals surface area contributed by atoms with E-state index in [1.807, 2.05) is 59.1 Å². The molecule has 0 amide bonds. The lowest BCUT2D eigenvalue weighted by atomic mass is 9.91. The predicted molar refractivity (Wildman–Crippen MR) is 205 cm³/mol. The van der Waals surface area contributed by atoms with Crippen molar-refractivity contribution in [3.63, 3.8) is 0 Å². The second-order valence-electron chi connectivity index (χ2n) is 12.0. The summed E-state index contributed by atoms with van der Waals surface area (Å²) in [5.74, 6) is 2.46. The summed E-state index contributed by atoms with van der Waals surface area (Å²) >= 11 is 5.47. The first-order valence-corrected chi connectivity index (χ1v) is 18.5. The summed E-state index contributed by atoms with van der Waals surface area (Å²) in [4.78, 5) is 15.2. The molecule has 0 fully saturated rings. The molecule has 0 bridgehead atoms. The van der Waals surface area contributed by atoms with Crippen LogP contribution in [0.4, 0.5) is 0 Å². The summed E-state index contributed by atoms with van der Waals surface area (Å²) in [7, 11) is 0. The van der Waals surface area contributed by atoms with Crippen LogP contribution in [0.15, 0.2) is 138 Å². The Morgan fingerprint density at radius 1 is 0.604 bits per heavy atom. The predicted octanol–water partition coefficient (Wildman–Crippen LogP) is 12.1. The fourth-order valence-corrected chi connectivity index (χ4v) is 10.6. The van der Waals surface area contributed by atoms with Crippen LogP contribution in [0.3, 0.4) is 0 Å². The quantitative estimate of drug-likeness (QED) is 0.183. The van der Waals surface area contributed by atoms with Crippen LogP contribution in [0.5, 0.6) is 0 Å². The molecule has 7 heteroatoms. The van der Waals surface area contributed by atoms with Gasteiger partial charge in [0.05, 0.1) is 24.7 Å². The molecule has 1 aliphatic rings. The zero-order chi connectivity index (χ0) is 31.6. The number of aromatic nitrogens is 4. The smallest absolute Gasteiger partial charge is 0.165 e. The van der Waals surface area contributed by atoms with Crippen LogP contribution in [0.25, 0.3) is 80.5 Å². The minimum Gasteiger partial charge on any atom is -0.308 e. The van der Waals surface area contributed by atoms with Crippen LogP contribution < -0.4 is 0 Å². The summed E-state index contributed by atoms with van der Waals surface area (Å²) in [6.45, 7) is 0. The second kappa shape index (κ2) is 11.2. The number of allylic oxidation sites excluding steroid dienone is 4. The van der Waals surface area contributed by atoms with Gasteiger partial charge in [-0.05, 0) is 30.2 Å². The zero-order valence-corrected chi connectivity index (χ0v) is 28.0. The lowest BCUT2D eigenvalue weighted by molar-refractivity contribution is 0.855. The molecule has 1 atom stereocenters.